The fraction of sp³-hybridized carbons (Fsp3) is 0.300. The van der Waals surface area contributed by atoms with E-state index in [0.717, 1.165) is 23.5 Å². The molecule has 0 heterocycles. The summed E-state index contributed by atoms with van der Waals surface area (Å²) in [6.45, 7) is 5.45. The molecule has 0 saturated heterocycles. The lowest BCUT2D eigenvalue weighted by atomic mass is 10.2. The molecule has 0 saturated carbocycles. The van der Waals surface area contributed by atoms with Crippen LogP contribution in [0.4, 0.5) is 5.69 Å². The highest BCUT2D eigenvalue weighted by Crippen LogP contribution is 2.16. The highest BCUT2D eigenvalue weighted by Gasteiger charge is 2.13. The van der Waals surface area contributed by atoms with Crippen molar-refractivity contribution in [3.8, 4) is 11.5 Å². The second-order valence-electron chi connectivity index (χ2n) is 5.59. The van der Waals surface area contributed by atoms with Crippen molar-refractivity contribution in [2.45, 2.75) is 26.8 Å². The Bertz CT molecular complexity index is 712. The van der Waals surface area contributed by atoms with Gasteiger partial charge in [-0.25, -0.2) is 0 Å². The number of hydrogen-bond acceptors (Lipinski definition) is 4. The van der Waals surface area contributed by atoms with Gasteiger partial charge in [0.25, 0.3) is 0 Å². The van der Waals surface area contributed by atoms with Gasteiger partial charge in [0.15, 0.2) is 0 Å². The molecule has 0 fully saturated rings. The first-order valence-electron chi connectivity index (χ1n) is 8.66. The van der Waals surface area contributed by atoms with Gasteiger partial charge in [0.05, 0.1) is 13.2 Å². The van der Waals surface area contributed by atoms with Crippen molar-refractivity contribution in [2.75, 3.05) is 18.5 Å². The van der Waals surface area contributed by atoms with E-state index in [2.05, 4.69) is 10.6 Å². The van der Waals surface area contributed by atoms with Crippen molar-refractivity contribution in [3.63, 3.8) is 0 Å². The molecule has 26 heavy (non-hydrogen) atoms. The normalized spacial score (nSPS) is 10.1. The van der Waals surface area contributed by atoms with Gasteiger partial charge in [0.2, 0.25) is 0 Å². The third-order valence-electron chi connectivity index (χ3n) is 3.48. The smallest absolute Gasteiger partial charge is 0.313 e. The Balaban J connectivity index is 1.80. The summed E-state index contributed by atoms with van der Waals surface area (Å²) in [5.41, 5.74) is 1.42. The maximum absolute atomic E-state index is 12.0. The molecular formula is C20H24N2O4. The second kappa shape index (κ2) is 10.1. The van der Waals surface area contributed by atoms with Crippen LogP contribution in [-0.2, 0) is 16.1 Å². The average molecular weight is 356 g/mol. The Hall–Kier alpha value is -3.02. The first kappa shape index (κ1) is 19.3. The van der Waals surface area contributed by atoms with Crippen LogP contribution in [0.5, 0.6) is 11.5 Å². The number of nitrogens with one attached hydrogen (secondary N) is 2. The summed E-state index contributed by atoms with van der Waals surface area (Å²) >= 11 is 0. The molecule has 6 nitrogen and oxygen atoms in total. The summed E-state index contributed by atoms with van der Waals surface area (Å²) in [5.74, 6) is 0.0971. The molecule has 0 radical (unpaired) electrons. The molecule has 0 unspecified atom stereocenters. The zero-order valence-corrected chi connectivity index (χ0v) is 15.1. The molecule has 2 aromatic rings. The predicted molar refractivity (Wildman–Crippen MR) is 100 cm³/mol. The van der Waals surface area contributed by atoms with Gasteiger partial charge in [-0.3, -0.25) is 9.59 Å². The second-order valence-corrected chi connectivity index (χ2v) is 5.59. The minimum atomic E-state index is -0.710. The van der Waals surface area contributed by atoms with Crippen LogP contribution in [0.3, 0.4) is 0 Å². The van der Waals surface area contributed by atoms with Gasteiger partial charge in [0, 0.05) is 12.2 Å². The monoisotopic (exact) mass is 356 g/mol. The number of carbonyl (C=O) groups is 2. The van der Waals surface area contributed by atoms with Crippen molar-refractivity contribution in [1.82, 2.24) is 5.32 Å². The van der Waals surface area contributed by atoms with Gasteiger partial charge in [0.1, 0.15) is 11.5 Å². The largest absolute Gasteiger partial charge is 0.494 e. The number of benzene rings is 2. The number of rotatable bonds is 8. The van der Waals surface area contributed by atoms with E-state index in [4.69, 9.17) is 9.47 Å². The van der Waals surface area contributed by atoms with Crippen LogP contribution in [0.25, 0.3) is 0 Å². The summed E-state index contributed by atoms with van der Waals surface area (Å²) in [7, 11) is 0. The number of hydrogen-bond donors (Lipinski definition) is 2. The van der Waals surface area contributed by atoms with Crippen molar-refractivity contribution in [1.29, 1.82) is 0 Å². The van der Waals surface area contributed by atoms with Gasteiger partial charge in [-0.1, -0.05) is 19.1 Å². The Labute approximate surface area is 153 Å². The fourth-order valence-corrected chi connectivity index (χ4v) is 2.18. The lowest BCUT2D eigenvalue weighted by molar-refractivity contribution is -0.136. The van der Waals surface area contributed by atoms with Gasteiger partial charge in [-0.2, -0.15) is 0 Å². The zero-order chi connectivity index (χ0) is 18.8. The summed E-state index contributed by atoms with van der Waals surface area (Å²) in [6.07, 6.45) is 0.924. The Kier molecular flexibility index (Phi) is 7.49. The van der Waals surface area contributed by atoms with Crippen LogP contribution in [0.1, 0.15) is 25.8 Å². The molecule has 6 heteroatoms. The van der Waals surface area contributed by atoms with E-state index in [1.54, 1.807) is 24.3 Å². The Morgan fingerprint density at radius 1 is 0.846 bits per heavy atom. The van der Waals surface area contributed by atoms with E-state index in [9.17, 15) is 9.59 Å². The highest BCUT2D eigenvalue weighted by molar-refractivity contribution is 6.39. The van der Waals surface area contributed by atoms with Gasteiger partial charge in [-0.15, -0.1) is 0 Å². The van der Waals surface area contributed by atoms with E-state index >= 15 is 0 Å². The molecule has 0 aliphatic heterocycles. The van der Waals surface area contributed by atoms with Crippen molar-refractivity contribution < 1.29 is 19.1 Å². The molecule has 0 bridgehead atoms. The number of carbonyl (C=O) groups excluding carboxylic acids is 2. The van der Waals surface area contributed by atoms with E-state index in [1.165, 1.54) is 0 Å². The van der Waals surface area contributed by atoms with Gasteiger partial charge >= 0.3 is 11.8 Å². The molecule has 2 rings (SSSR count). The van der Waals surface area contributed by atoms with E-state index in [1.807, 2.05) is 38.1 Å². The lowest BCUT2D eigenvalue weighted by Crippen LogP contribution is -2.34. The summed E-state index contributed by atoms with van der Waals surface area (Å²) < 4.78 is 10.8. The summed E-state index contributed by atoms with van der Waals surface area (Å²) in [5, 5.41) is 5.15. The third-order valence-corrected chi connectivity index (χ3v) is 3.48. The van der Waals surface area contributed by atoms with Crippen LogP contribution < -0.4 is 20.1 Å². The Morgan fingerprint density at radius 2 is 1.46 bits per heavy atom. The SMILES string of the molecule is CCCOc1ccc(NC(=O)C(=O)NCc2ccc(OCC)cc2)cc1. The number of ether oxygens (including phenoxy) is 2. The molecule has 0 aliphatic rings. The first-order valence-corrected chi connectivity index (χ1v) is 8.66. The third kappa shape index (κ3) is 6.12. The zero-order valence-electron chi connectivity index (χ0n) is 15.1. The van der Waals surface area contributed by atoms with E-state index in [-0.39, 0.29) is 6.54 Å². The molecule has 2 amide bonds. The van der Waals surface area contributed by atoms with Crippen LogP contribution >= 0.6 is 0 Å². The molecule has 2 N–H and O–H groups in total. The quantitative estimate of drug-likeness (QED) is 0.713. The fourth-order valence-electron chi connectivity index (χ4n) is 2.18. The van der Waals surface area contributed by atoms with E-state index < -0.39 is 11.8 Å². The van der Waals surface area contributed by atoms with Crippen LogP contribution in [-0.4, -0.2) is 25.0 Å². The maximum atomic E-state index is 12.0. The number of anilines is 1. The molecular weight excluding hydrogens is 332 g/mol. The van der Waals surface area contributed by atoms with Crippen LogP contribution in [0.15, 0.2) is 48.5 Å². The van der Waals surface area contributed by atoms with Gasteiger partial charge in [-0.05, 0) is 55.3 Å². The first-order chi connectivity index (χ1) is 12.6. The summed E-state index contributed by atoms with van der Waals surface area (Å²) in [6, 6.07) is 14.2. The highest BCUT2D eigenvalue weighted by atomic mass is 16.5. The molecule has 0 aliphatic carbocycles. The minimum Gasteiger partial charge on any atom is -0.494 e. The molecule has 0 aromatic heterocycles. The predicted octanol–water partition coefficient (Wildman–Crippen LogP) is 3.13. The minimum absolute atomic E-state index is 0.266. The number of amides is 2. The van der Waals surface area contributed by atoms with Crippen molar-refractivity contribution in [3.05, 3.63) is 54.1 Å². The topological polar surface area (TPSA) is 76.7 Å². The Morgan fingerprint density at radius 3 is 2.08 bits per heavy atom. The molecule has 138 valence electrons. The van der Waals surface area contributed by atoms with Crippen LogP contribution in [0.2, 0.25) is 0 Å². The van der Waals surface area contributed by atoms with Crippen molar-refractivity contribution >= 4 is 17.5 Å². The van der Waals surface area contributed by atoms with E-state index in [0.29, 0.717) is 18.9 Å². The maximum Gasteiger partial charge on any atom is 0.313 e. The van der Waals surface area contributed by atoms with Crippen molar-refractivity contribution in [2.24, 2.45) is 0 Å². The summed E-state index contributed by atoms with van der Waals surface area (Å²) in [4.78, 5) is 23.9. The average Bonchev–Trinajstić information content (AvgIpc) is 2.67. The lowest BCUT2D eigenvalue weighted by Gasteiger charge is -2.09. The molecule has 0 spiro atoms. The van der Waals surface area contributed by atoms with Crippen LogP contribution in [0, 0.1) is 0 Å². The molecule has 0 atom stereocenters. The standard InChI is InChI=1S/C20H24N2O4/c1-3-13-26-18-11-7-16(8-12-18)22-20(24)19(23)21-14-15-5-9-17(10-6-15)25-4-2/h5-12H,3-4,13-14H2,1-2H3,(H,21,23)(H,22,24). The molecule has 2 aromatic carbocycles. The van der Waals surface area contributed by atoms with Gasteiger partial charge < -0.3 is 20.1 Å².